The van der Waals surface area contributed by atoms with E-state index in [1.807, 2.05) is 53.3 Å². The van der Waals surface area contributed by atoms with E-state index in [4.69, 9.17) is 0 Å². The topological polar surface area (TPSA) is 59.8 Å². The fraction of sp³-hybridized carbons (Fsp3) is 0.174. The number of hydrogen-bond acceptors (Lipinski definition) is 5. The molecule has 31 heavy (non-hydrogen) atoms. The van der Waals surface area contributed by atoms with Gasteiger partial charge < -0.3 is 5.32 Å². The first-order chi connectivity index (χ1) is 15.1. The molecule has 0 bridgehead atoms. The van der Waals surface area contributed by atoms with Crippen molar-refractivity contribution in [2.75, 3.05) is 6.54 Å². The first-order valence-electron chi connectivity index (χ1n) is 9.85. The molecule has 0 saturated heterocycles. The van der Waals surface area contributed by atoms with Crippen molar-refractivity contribution in [2.24, 2.45) is 0 Å². The average molecular weight is 453 g/mol. The van der Waals surface area contributed by atoms with E-state index in [1.54, 1.807) is 23.5 Å². The van der Waals surface area contributed by atoms with E-state index in [1.165, 1.54) is 28.8 Å². The number of thioether (sulfide) groups is 1. The van der Waals surface area contributed by atoms with E-state index < -0.39 is 0 Å². The average Bonchev–Trinajstić information content (AvgIpc) is 3.45. The van der Waals surface area contributed by atoms with Crippen molar-refractivity contribution in [3.8, 4) is 17.1 Å². The summed E-state index contributed by atoms with van der Waals surface area (Å²) < 4.78 is 15.3. The van der Waals surface area contributed by atoms with Crippen molar-refractivity contribution >= 4 is 29.0 Å². The highest BCUT2D eigenvalue weighted by Gasteiger charge is 2.21. The fourth-order valence-corrected chi connectivity index (χ4v) is 4.66. The molecule has 0 radical (unpaired) electrons. The lowest BCUT2D eigenvalue weighted by atomic mass is 10.2. The van der Waals surface area contributed by atoms with E-state index in [9.17, 15) is 9.18 Å². The molecule has 2 aromatic heterocycles. The summed E-state index contributed by atoms with van der Waals surface area (Å²) in [7, 11) is 0. The van der Waals surface area contributed by atoms with Crippen molar-refractivity contribution < 1.29 is 9.18 Å². The van der Waals surface area contributed by atoms with E-state index in [2.05, 4.69) is 21.6 Å². The molecule has 1 unspecified atom stereocenters. The molecular weight excluding hydrogens is 431 g/mol. The molecule has 5 nitrogen and oxygen atoms in total. The zero-order valence-electron chi connectivity index (χ0n) is 16.9. The highest BCUT2D eigenvalue weighted by molar-refractivity contribution is 8.00. The van der Waals surface area contributed by atoms with E-state index >= 15 is 0 Å². The minimum atomic E-state index is -0.351. The van der Waals surface area contributed by atoms with Gasteiger partial charge in [0, 0.05) is 22.7 Å². The van der Waals surface area contributed by atoms with Gasteiger partial charge in [0.05, 0.1) is 5.25 Å². The lowest BCUT2D eigenvalue weighted by molar-refractivity contribution is -0.120. The Balaban J connectivity index is 1.53. The highest BCUT2D eigenvalue weighted by atomic mass is 32.2. The van der Waals surface area contributed by atoms with Gasteiger partial charge in [0.15, 0.2) is 11.0 Å². The Bertz CT molecular complexity index is 1130. The molecule has 4 aromatic rings. The molecular formula is C23H21FN4OS2. The summed E-state index contributed by atoms with van der Waals surface area (Å²) in [6.07, 6.45) is 0.815. The van der Waals surface area contributed by atoms with Crippen LogP contribution in [-0.4, -0.2) is 32.5 Å². The van der Waals surface area contributed by atoms with Gasteiger partial charge in [0.25, 0.3) is 0 Å². The minimum Gasteiger partial charge on any atom is -0.355 e. The Kier molecular flexibility index (Phi) is 6.79. The number of aromatic nitrogens is 3. The van der Waals surface area contributed by atoms with Gasteiger partial charge in [-0.2, -0.15) is 0 Å². The van der Waals surface area contributed by atoms with Gasteiger partial charge >= 0.3 is 0 Å². The van der Waals surface area contributed by atoms with E-state index in [0.29, 0.717) is 17.5 Å². The molecule has 0 saturated carbocycles. The summed E-state index contributed by atoms with van der Waals surface area (Å²) in [6, 6.07) is 19.9. The van der Waals surface area contributed by atoms with Gasteiger partial charge in [-0.1, -0.05) is 36.0 Å². The molecule has 0 aliphatic heterocycles. The van der Waals surface area contributed by atoms with Crippen molar-refractivity contribution in [1.82, 2.24) is 20.1 Å². The summed E-state index contributed by atoms with van der Waals surface area (Å²) in [6.45, 7) is 2.45. The highest BCUT2D eigenvalue weighted by Crippen LogP contribution is 2.30. The maximum absolute atomic E-state index is 13.4. The van der Waals surface area contributed by atoms with Crippen LogP contribution >= 0.6 is 23.1 Å². The normalized spacial score (nSPS) is 11.9. The molecule has 0 aliphatic rings. The molecule has 158 valence electrons. The lowest BCUT2D eigenvalue weighted by Gasteiger charge is -2.14. The van der Waals surface area contributed by atoms with Crippen LogP contribution in [0.15, 0.2) is 77.3 Å². The van der Waals surface area contributed by atoms with Crippen molar-refractivity contribution in [1.29, 1.82) is 0 Å². The van der Waals surface area contributed by atoms with Crippen LogP contribution in [-0.2, 0) is 11.2 Å². The van der Waals surface area contributed by atoms with E-state index in [0.717, 1.165) is 17.7 Å². The molecule has 0 aliphatic carbocycles. The Hall–Kier alpha value is -2.97. The zero-order chi connectivity index (χ0) is 21.6. The second-order valence-electron chi connectivity index (χ2n) is 6.86. The van der Waals surface area contributed by atoms with Crippen LogP contribution in [0.1, 0.15) is 11.8 Å². The van der Waals surface area contributed by atoms with Gasteiger partial charge in [-0.05, 0) is 61.2 Å². The van der Waals surface area contributed by atoms with Crippen molar-refractivity contribution in [3.05, 3.63) is 82.8 Å². The summed E-state index contributed by atoms with van der Waals surface area (Å²) in [4.78, 5) is 13.9. The Morgan fingerprint density at radius 2 is 1.87 bits per heavy atom. The number of carbonyl (C=O) groups excluding carboxylic acids is 1. The molecule has 0 spiro atoms. The predicted octanol–water partition coefficient (Wildman–Crippen LogP) is 4.97. The molecule has 1 amide bonds. The Labute approximate surface area is 188 Å². The molecule has 1 N–H and O–H groups in total. The van der Waals surface area contributed by atoms with Crippen LogP contribution in [0.2, 0.25) is 0 Å². The van der Waals surface area contributed by atoms with Crippen LogP contribution < -0.4 is 5.32 Å². The number of nitrogens with zero attached hydrogens (tertiary/aromatic N) is 3. The molecule has 2 aromatic carbocycles. The van der Waals surface area contributed by atoms with Crippen LogP contribution in [0.25, 0.3) is 17.1 Å². The summed E-state index contributed by atoms with van der Waals surface area (Å²) in [5.74, 6) is 0.239. The number of para-hydroxylation sites is 1. The van der Waals surface area contributed by atoms with Crippen LogP contribution in [0.5, 0.6) is 0 Å². The third kappa shape index (κ3) is 5.21. The quantitative estimate of drug-likeness (QED) is 0.383. The molecule has 1 atom stereocenters. The Morgan fingerprint density at radius 1 is 1.10 bits per heavy atom. The van der Waals surface area contributed by atoms with E-state index in [-0.39, 0.29) is 17.0 Å². The number of halogens is 1. The van der Waals surface area contributed by atoms with Gasteiger partial charge in [-0.3, -0.25) is 9.36 Å². The molecule has 4 rings (SSSR count). The van der Waals surface area contributed by atoms with Gasteiger partial charge in [0.2, 0.25) is 5.91 Å². The predicted molar refractivity (Wildman–Crippen MR) is 123 cm³/mol. The SMILES string of the molecule is CC(Sc1nnc(-c2ccc(F)cc2)n1-c1ccccc1)C(=O)NCCc1cccs1. The fourth-order valence-electron chi connectivity index (χ4n) is 3.06. The second-order valence-corrected chi connectivity index (χ2v) is 9.20. The largest absolute Gasteiger partial charge is 0.355 e. The van der Waals surface area contributed by atoms with Crippen LogP contribution in [0.3, 0.4) is 0 Å². The molecule has 2 heterocycles. The standard InChI is InChI=1S/C23H21FN4OS2/c1-16(22(29)25-14-13-20-8-5-15-30-20)31-23-27-26-21(17-9-11-18(24)12-10-17)28(23)19-6-3-2-4-7-19/h2-12,15-16H,13-14H2,1H3,(H,25,29). The maximum Gasteiger partial charge on any atom is 0.233 e. The molecule has 0 fully saturated rings. The summed E-state index contributed by atoms with van der Waals surface area (Å²) >= 11 is 3.03. The lowest BCUT2D eigenvalue weighted by Crippen LogP contribution is -2.32. The van der Waals surface area contributed by atoms with Crippen LogP contribution in [0, 0.1) is 5.82 Å². The third-order valence-corrected chi connectivity index (χ3v) is 6.63. The summed E-state index contributed by atoms with van der Waals surface area (Å²) in [5.41, 5.74) is 1.62. The number of rotatable bonds is 8. The molecule has 8 heteroatoms. The number of thiophene rings is 1. The summed E-state index contributed by atoms with van der Waals surface area (Å²) in [5, 5.41) is 14.0. The minimum absolute atomic E-state index is 0.0486. The number of benzene rings is 2. The number of carbonyl (C=O) groups is 1. The Morgan fingerprint density at radius 3 is 2.58 bits per heavy atom. The van der Waals surface area contributed by atoms with Gasteiger partial charge in [-0.15, -0.1) is 21.5 Å². The van der Waals surface area contributed by atoms with Crippen molar-refractivity contribution in [3.63, 3.8) is 0 Å². The van der Waals surface area contributed by atoms with Gasteiger partial charge in [-0.25, -0.2) is 4.39 Å². The third-order valence-electron chi connectivity index (χ3n) is 4.65. The monoisotopic (exact) mass is 452 g/mol. The number of amides is 1. The first-order valence-corrected chi connectivity index (χ1v) is 11.6. The van der Waals surface area contributed by atoms with Crippen LogP contribution in [0.4, 0.5) is 4.39 Å². The first kappa shape index (κ1) is 21.3. The maximum atomic E-state index is 13.4. The van der Waals surface area contributed by atoms with Gasteiger partial charge in [0.1, 0.15) is 5.82 Å². The number of nitrogens with one attached hydrogen (secondary N) is 1. The second kappa shape index (κ2) is 9.89. The number of hydrogen-bond donors (Lipinski definition) is 1. The van der Waals surface area contributed by atoms with Crippen molar-refractivity contribution in [2.45, 2.75) is 23.8 Å². The zero-order valence-corrected chi connectivity index (χ0v) is 18.5. The smallest absolute Gasteiger partial charge is 0.233 e.